The third-order valence-corrected chi connectivity index (χ3v) is 4.13. The molecule has 0 saturated heterocycles. The summed E-state index contributed by atoms with van der Waals surface area (Å²) in [5, 5.41) is 8.68. The van der Waals surface area contributed by atoms with E-state index in [0.29, 0.717) is 0 Å². The van der Waals surface area contributed by atoms with Crippen molar-refractivity contribution in [2.45, 2.75) is 20.8 Å². The summed E-state index contributed by atoms with van der Waals surface area (Å²) >= 11 is 0. The minimum atomic E-state index is 0.750. The fraction of sp³-hybridized carbons (Fsp3) is 0.389. The minimum Gasteiger partial charge on any atom is -0.370 e. The van der Waals surface area contributed by atoms with Crippen molar-refractivity contribution in [2.24, 2.45) is 7.05 Å². The second-order valence-corrected chi connectivity index (χ2v) is 5.97. The van der Waals surface area contributed by atoms with Gasteiger partial charge in [-0.25, -0.2) is 9.97 Å². The Hall–Kier alpha value is -2.63. The second kappa shape index (κ2) is 6.86. The van der Waals surface area contributed by atoms with Crippen molar-refractivity contribution in [1.82, 2.24) is 19.7 Å². The van der Waals surface area contributed by atoms with Crippen LogP contribution in [-0.4, -0.2) is 39.4 Å². The minimum absolute atomic E-state index is 0.750. The molecule has 0 aliphatic carbocycles. The van der Waals surface area contributed by atoms with Gasteiger partial charge in [-0.05, 0) is 38.5 Å². The lowest BCUT2D eigenvalue weighted by Gasteiger charge is -2.23. The van der Waals surface area contributed by atoms with E-state index in [-0.39, 0.29) is 0 Å². The highest BCUT2D eigenvalue weighted by Gasteiger charge is 2.10. The summed E-state index contributed by atoms with van der Waals surface area (Å²) in [6.45, 7) is 8.89. The number of hydrogen-bond donors (Lipinski definition) is 1. The molecule has 2 aromatic heterocycles. The Kier molecular flexibility index (Phi) is 4.64. The van der Waals surface area contributed by atoms with Crippen LogP contribution in [0.4, 0.5) is 11.5 Å². The van der Waals surface area contributed by atoms with Crippen LogP contribution in [0.5, 0.6) is 0 Å². The van der Waals surface area contributed by atoms with Gasteiger partial charge in [-0.2, -0.15) is 5.10 Å². The van der Waals surface area contributed by atoms with E-state index < -0.39 is 0 Å². The second-order valence-electron chi connectivity index (χ2n) is 5.97. The zero-order chi connectivity index (χ0) is 17.1. The van der Waals surface area contributed by atoms with Gasteiger partial charge in [0, 0.05) is 32.4 Å². The Balaban J connectivity index is 1.72. The molecule has 6 heteroatoms. The number of nitrogens with zero attached hydrogens (tertiary/aromatic N) is 5. The molecule has 0 spiro atoms. The molecule has 2 heterocycles. The Labute approximate surface area is 142 Å². The number of fused-ring (bicyclic) bond motifs is 1. The highest BCUT2D eigenvalue weighted by atomic mass is 15.3. The van der Waals surface area contributed by atoms with E-state index in [2.05, 4.69) is 63.4 Å². The van der Waals surface area contributed by atoms with Gasteiger partial charge in [0.05, 0.1) is 11.6 Å². The van der Waals surface area contributed by atoms with E-state index >= 15 is 0 Å². The topological polar surface area (TPSA) is 58.9 Å². The first kappa shape index (κ1) is 16.2. The fourth-order valence-electron chi connectivity index (χ4n) is 2.87. The number of nitrogens with one attached hydrogen (secondary N) is 1. The molecular formula is C18H24N6. The summed E-state index contributed by atoms with van der Waals surface area (Å²) in [6.07, 6.45) is 1.81. The predicted octanol–water partition coefficient (Wildman–Crippen LogP) is 2.92. The fourth-order valence-corrected chi connectivity index (χ4v) is 2.87. The maximum Gasteiger partial charge on any atom is 0.163 e. The summed E-state index contributed by atoms with van der Waals surface area (Å²) in [6, 6.07) is 8.61. The van der Waals surface area contributed by atoms with E-state index in [9.17, 15) is 0 Å². The number of rotatable bonds is 6. The van der Waals surface area contributed by atoms with Gasteiger partial charge in [-0.1, -0.05) is 12.1 Å². The molecule has 0 radical (unpaired) electrons. The van der Waals surface area contributed by atoms with Gasteiger partial charge >= 0.3 is 0 Å². The molecule has 0 saturated carbocycles. The van der Waals surface area contributed by atoms with Crippen LogP contribution in [0, 0.1) is 13.8 Å². The van der Waals surface area contributed by atoms with E-state index in [1.165, 1.54) is 11.3 Å². The lowest BCUT2D eigenvalue weighted by Crippen LogP contribution is -2.29. The number of anilines is 2. The Bertz CT molecular complexity index is 839. The maximum atomic E-state index is 4.53. The molecule has 0 amide bonds. The molecule has 3 aromatic rings. The van der Waals surface area contributed by atoms with Crippen LogP contribution in [0.1, 0.15) is 18.3 Å². The van der Waals surface area contributed by atoms with Crippen molar-refractivity contribution in [3.63, 3.8) is 0 Å². The first-order chi connectivity index (χ1) is 11.6. The first-order valence-corrected chi connectivity index (χ1v) is 8.30. The molecule has 3 rings (SSSR count). The summed E-state index contributed by atoms with van der Waals surface area (Å²) in [4.78, 5) is 11.3. The molecule has 24 heavy (non-hydrogen) atoms. The van der Waals surface area contributed by atoms with Crippen LogP contribution in [0.25, 0.3) is 11.0 Å². The third kappa shape index (κ3) is 3.32. The number of likely N-dealkylation sites (N-methyl/N-ethyl adjacent to an activating group) is 1. The van der Waals surface area contributed by atoms with Gasteiger partial charge in [0.1, 0.15) is 11.6 Å². The van der Waals surface area contributed by atoms with Crippen molar-refractivity contribution >= 4 is 22.5 Å². The summed E-state index contributed by atoms with van der Waals surface area (Å²) in [5.74, 6) is 1.60. The molecule has 0 atom stereocenters. The predicted molar refractivity (Wildman–Crippen MR) is 98.6 cm³/mol. The Morgan fingerprint density at radius 2 is 2.04 bits per heavy atom. The molecule has 0 unspecified atom stereocenters. The first-order valence-electron chi connectivity index (χ1n) is 8.30. The molecule has 126 valence electrons. The molecule has 1 N–H and O–H groups in total. The van der Waals surface area contributed by atoms with E-state index in [0.717, 1.165) is 42.3 Å². The number of aromatic nitrogens is 4. The van der Waals surface area contributed by atoms with Crippen LogP contribution in [0.3, 0.4) is 0 Å². The van der Waals surface area contributed by atoms with Crippen LogP contribution in [-0.2, 0) is 7.05 Å². The smallest absolute Gasteiger partial charge is 0.163 e. The standard InChI is InChI=1S/C18H24N6/c1-5-24(15-8-6-7-13(2)11-15)10-9-19-17-16-12-20-23(4)18(16)22-14(3)21-17/h6-8,11-12H,5,9-10H2,1-4H3,(H,19,21,22). The zero-order valence-electron chi connectivity index (χ0n) is 14.7. The molecule has 1 aromatic carbocycles. The van der Waals surface area contributed by atoms with E-state index in [1.807, 2.05) is 20.2 Å². The lowest BCUT2D eigenvalue weighted by atomic mass is 10.2. The van der Waals surface area contributed by atoms with Crippen LogP contribution < -0.4 is 10.2 Å². The van der Waals surface area contributed by atoms with Gasteiger partial charge < -0.3 is 10.2 Å². The Morgan fingerprint density at radius 3 is 2.79 bits per heavy atom. The quantitative estimate of drug-likeness (QED) is 0.755. The van der Waals surface area contributed by atoms with Crippen molar-refractivity contribution < 1.29 is 0 Å². The van der Waals surface area contributed by atoms with Crippen LogP contribution in [0.2, 0.25) is 0 Å². The largest absolute Gasteiger partial charge is 0.370 e. The molecular weight excluding hydrogens is 300 g/mol. The average molecular weight is 324 g/mol. The van der Waals surface area contributed by atoms with Crippen LogP contribution in [0.15, 0.2) is 30.5 Å². The van der Waals surface area contributed by atoms with Crippen molar-refractivity contribution in [3.8, 4) is 0 Å². The van der Waals surface area contributed by atoms with E-state index in [4.69, 9.17) is 0 Å². The van der Waals surface area contributed by atoms with Crippen molar-refractivity contribution in [2.75, 3.05) is 29.9 Å². The van der Waals surface area contributed by atoms with Crippen molar-refractivity contribution in [3.05, 3.63) is 41.9 Å². The summed E-state index contributed by atoms with van der Waals surface area (Å²) in [5.41, 5.74) is 3.39. The molecule has 0 bridgehead atoms. The number of aryl methyl sites for hydroxylation is 3. The summed E-state index contributed by atoms with van der Waals surface area (Å²) < 4.78 is 1.78. The third-order valence-electron chi connectivity index (χ3n) is 4.13. The summed E-state index contributed by atoms with van der Waals surface area (Å²) in [7, 11) is 1.90. The van der Waals surface area contributed by atoms with Gasteiger partial charge in [-0.15, -0.1) is 0 Å². The van der Waals surface area contributed by atoms with Gasteiger partial charge in [0.2, 0.25) is 0 Å². The normalized spacial score (nSPS) is 11.0. The SMILES string of the molecule is CCN(CCNc1nc(C)nc2c1cnn2C)c1cccc(C)c1. The molecule has 0 fully saturated rings. The number of hydrogen-bond acceptors (Lipinski definition) is 5. The lowest BCUT2D eigenvalue weighted by molar-refractivity contribution is 0.782. The van der Waals surface area contributed by atoms with Gasteiger partial charge in [-0.3, -0.25) is 4.68 Å². The van der Waals surface area contributed by atoms with Crippen LogP contribution >= 0.6 is 0 Å². The van der Waals surface area contributed by atoms with Gasteiger partial charge in [0.15, 0.2) is 5.65 Å². The van der Waals surface area contributed by atoms with E-state index in [1.54, 1.807) is 4.68 Å². The molecule has 6 nitrogen and oxygen atoms in total. The van der Waals surface area contributed by atoms with Gasteiger partial charge in [0.25, 0.3) is 0 Å². The Morgan fingerprint density at radius 1 is 1.21 bits per heavy atom. The maximum absolute atomic E-state index is 4.53. The highest BCUT2D eigenvalue weighted by molar-refractivity contribution is 5.86. The highest BCUT2D eigenvalue weighted by Crippen LogP contribution is 2.19. The van der Waals surface area contributed by atoms with Crippen molar-refractivity contribution in [1.29, 1.82) is 0 Å². The molecule has 0 aliphatic rings. The monoisotopic (exact) mass is 324 g/mol. The zero-order valence-corrected chi connectivity index (χ0v) is 14.7. The average Bonchev–Trinajstić information content (AvgIpc) is 2.93. The molecule has 0 aliphatic heterocycles. The number of benzene rings is 1.